The zero-order chi connectivity index (χ0) is 12.4. The summed E-state index contributed by atoms with van der Waals surface area (Å²) in [7, 11) is 1.91. The van der Waals surface area contributed by atoms with E-state index < -0.39 is 0 Å². The lowest BCUT2D eigenvalue weighted by Gasteiger charge is -2.13. The molecule has 0 aliphatic rings. The van der Waals surface area contributed by atoms with Gasteiger partial charge in [0, 0.05) is 25.4 Å². The maximum atomic E-state index is 11.1. The molecule has 4 nitrogen and oxygen atoms in total. The van der Waals surface area contributed by atoms with E-state index in [1.54, 1.807) is 23.5 Å². The van der Waals surface area contributed by atoms with Crippen molar-refractivity contribution in [3.05, 3.63) is 34.0 Å². The molecule has 90 valence electrons. The van der Waals surface area contributed by atoms with Crippen LogP contribution < -0.4 is 4.90 Å². The van der Waals surface area contributed by atoms with Gasteiger partial charge in [0.2, 0.25) is 0 Å². The summed E-state index contributed by atoms with van der Waals surface area (Å²) in [5.74, 6) is 1.01. The number of nitrogens with zero attached hydrogens (tertiary/aromatic N) is 2. The molecule has 0 saturated heterocycles. The monoisotopic (exact) mass is 250 g/mol. The number of rotatable bonds is 4. The molecule has 0 spiro atoms. The molecule has 0 unspecified atom stereocenters. The number of ketones is 1. The first-order valence-electron chi connectivity index (χ1n) is 5.29. The summed E-state index contributed by atoms with van der Waals surface area (Å²) in [6, 6.07) is 3.50. The molecule has 0 aliphatic heterocycles. The highest BCUT2D eigenvalue weighted by Crippen LogP contribution is 2.20. The molecule has 2 aromatic heterocycles. The van der Waals surface area contributed by atoms with E-state index in [9.17, 15) is 4.79 Å². The third kappa shape index (κ3) is 2.74. The van der Waals surface area contributed by atoms with Gasteiger partial charge in [0.1, 0.15) is 0 Å². The molecule has 0 N–H and O–H groups in total. The van der Waals surface area contributed by atoms with Crippen LogP contribution in [0.25, 0.3) is 0 Å². The normalized spacial score (nSPS) is 10.5. The van der Waals surface area contributed by atoms with Crippen LogP contribution in [0.1, 0.15) is 28.2 Å². The maximum absolute atomic E-state index is 11.1. The van der Waals surface area contributed by atoms with Crippen LogP contribution in [0.4, 0.5) is 5.88 Å². The van der Waals surface area contributed by atoms with Gasteiger partial charge in [-0.2, -0.15) is 0 Å². The fourth-order valence-electron chi connectivity index (χ4n) is 1.52. The van der Waals surface area contributed by atoms with Gasteiger partial charge in [0.05, 0.1) is 17.2 Å². The first-order chi connectivity index (χ1) is 8.06. The Balaban J connectivity index is 2.08. The van der Waals surface area contributed by atoms with Crippen LogP contribution in [0.15, 0.2) is 21.9 Å². The van der Waals surface area contributed by atoms with Crippen molar-refractivity contribution in [3.8, 4) is 0 Å². The second-order valence-corrected chi connectivity index (χ2v) is 4.97. The standard InChI is InChI=1S/C12H14N2O2S/c1-8(15)11-4-5-12(16-11)14(3)6-10-7-17-9(2)13-10/h4-5,7H,6H2,1-3H3. The minimum Gasteiger partial charge on any atom is -0.437 e. The Morgan fingerprint density at radius 2 is 2.29 bits per heavy atom. The Hall–Kier alpha value is -1.62. The number of carbonyl (C=O) groups excluding carboxylic acids is 1. The summed E-state index contributed by atoms with van der Waals surface area (Å²) in [6.45, 7) is 4.15. The smallest absolute Gasteiger partial charge is 0.196 e. The minimum atomic E-state index is -0.0610. The van der Waals surface area contributed by atoms with Gasteiger partial charge < -0.3 is 9.32 Å². The molecule has 0 saturated carbocycles. The number of hydrogen-bond donors (Lipinski definition) is 0. The minimum absolute atomic E-state index is 0.0610. The van der Waals surface area contributed by atoms with Crippen LogP contribution in [0.5, 0.6) is 0 Å². The van der Waals surface area contributed by atoms with Crippen LogP contribution >= 0.6 is 11.3 Å². The van der Waals surface area contributed by atoms with Crippen molar-refractivity contribution in [1.82, 2.24) is 4.98 Å². The molecule has 2 rings (SSSR count). The predicted octanol–water partition coefficient (Wildman–Crippen LogP) is 2.88. The Kier molecular flexibility index (Phi) is 3.28. The molecule has 5 heteroatoms. The Labute approximate surface area is 104 Å². The quantitative estimate of drug-likeness (QED) is 0.783. The molecular formula is C12H14N2O2S. The number of carbonyl (C=O) groups is 1. The van der Waals surface area contributed by atoms with Crippen LogP contribution in [-0.2, 0) is 6.54 Å². The number of anilines is 1. The Morgan fingerprint density at radius 1 is 1.53 bits per heavy atom. The Morgan fingerprint density at radius 3 is 2.82 bits per heavy atom. The summed E-state index contributed by atoms with van der Waals surface area (Å²) < 4.78 is 5.44. The first-order valence-corrected chi connectivity index (χ1v) is 6.17. The topological polar surface area (TPSA) is 46.3 Å². The molecule has 0 aliphatic carbocycles. The molecule has 17 heavy (non-hydrogen) atoms. The van der Waals surface area contributed by atoms with E-state index in [0.717, 1.165) is 10.7 Å². The third-order valence-corrected chi connectivity index (χ3v) is 3.20. The molecule has 0 bridgehead atoms. The molecule has 2 aromatic rings. The van der Waals surface area contributed by atoms with E-state index in [2.05, 4.69) is 4.98 Å². The zero-order valence-electron chi connectivity index (χ0n) is 10.1. The van der Waals surface area contributed by atoms with Crippen molar-refractivity contribution in [1.29, 1.82) is 0 Å². The number of aryl methyl sites for hydroxylation is 1. The van der Waals surface area contributed by atoms with Gasteiger partial charge in [-0.15, -0.1) is 11.3 Å². The van der Waals surface area contributed by atoms with E-state index in [-0.39, 0.29) is 5.78 Å². The van der Waals surface area contributed by atoms with E-state index in [4.69, 9.17) is 4.42 Å². The fraction of sp³-hybridized carbons (Fsp3) is 0.333. The maximum Gasteiger partial charge on any atom is 0.196 e. The zero-order valence-corrected chi connectivity index (χ0v) is 10.9. The Bertz CT molecular complexity index is 530. The lowest BCUT2D eigenvalue weighted by molar-refractivity contribution is 0.0988. The second-order valence-electron chi connectivity index (χ2n) is 3.91. The van der Waals surface area contributed by atoms with Gasteiger partial charge in [-0.1, -0.05) is 0 Å². The average molecular weight is 250 g/mol. The highest BCUT2D eigenvalue weighted by Gasteiger charge is 2.11. The fourth-order valence-corrected chi connectivity index (χ4v) is 2.13. The number of furan rings is 1. The van der Waals surface area contributed by atoms with Crippen molar-refractivity contribution in [2.24, 2.45) is 0 Å². The molecule has 0 atom stereocenters. The molecule has 0 aromatic carbocycles. The average Bonchev–Trinajstić information content (AvgIpc) is 2.86. The van der Waals surface area contributed by atoms with Crippen molar-refractivity contribution in [2.45, 2.75) is 20.4 Å². The van der Waals surface area contributed by atoms with E-state index >= 15 is 0 Å². The van der Waals surface area contributed by atoms with Crippen LogP contribution in [0.3, 0.4) is 0 Å². The van der Waals surface area contributed by atoms with Crippen molar-refractivity contribution in [3.63, 3.8) is 0 Å². The van der Waals surface area contributed by atoms with Gasteiger partial charge in [0.25, 0.3) is 0 Å². The summed E-state index contributed by atoms with van der Waals surface area (Å²) in [5.41, 5.74) is 1.01. The van der Waals surface area contributed by atoms with E-state index in [1.165, 1.54) is 6.92 Å². The number of hydrogen-bond acceptors (Lipinski definition) is 5. The lowest BCUT2D eigenvalue weighted by atomic mass is 10.3. The number of aromatic nitrogens is 1. The van der Waals surface area contributed by atoms with Crippen molar-refractivity contribution in [2.75, 3.05) is 11.9 Å². The van der Waals surface area contributed by atoms with Gasteiger partial charge >= 0.3 is 0 Å². The van der Waals surface area contributed by atoms with E-state index in [0.29, 0.717) is 18.2 Å². The number of Topliss-reactive ketones (excluding diaryl/α,β-unsaturated/α-hetero) is 1. The van der Waals surface area contributed by atoms with Crippen molar-refractivity contribution >= 4 is 23.0 Å². The SMILES string of the molecule is CC(=O)c1ccc(N(C)Cc2csc(C)n2)o1. The molecule has 0 fully saturated rings. The van der Waals surface area contributed by atoms with Gasteiger partial charge in [0.15, 0.2) is 17.4 Å². The molecule has 2 heterocycles. The van der Waals surface area contributed by atoms with Crippen LogP contribution in [0, 0.1) is 6.92 Å². The summed E-state index contributed by atoms with van der Waals surface area (Å²) in [5, 5.41) is 3.08. The van der Waals surface area contributed by atoms with E-state index in [1.807, 2.05) is 24.3 Å². The summed E-state index contributed by atoms with van der Waals surface area (Å²) >= 11 is 1.63. The molecule has 0 radical (unpaired) electrons. The third-order valence-electron chi connectivity index (χ3n) is 2.38. The van der Waals surface area contributed by atoms with Crippen LogP contribution in [-0.4, -0.2) is 17.8 Å². The highest BCUT2D eigenvalue weighted by atomic mass is 32.1. The highest BCUT2D eigenvalue weighted by molar-refractivity contribution is 7.09. The molecule has 0 amide bonds. The van der Waals surface area contributed by atoms with Crippen LogP contribution in [0.2, 0.25) is 0 Å². The van der Waals surface area contributed by atoms with Gasteiger partial charge in [-0.3, -0.25) is 4.79 Å². The lowest BCUT2D eigenvalue weighted by Crippen LogP contribution is -2.15. The predicted molar refractivity (Wildman–Crippen MR) is 67.7 cm³/mol. The number of thiazole rings is 1. The largest absolute Gasteiger partial charge is 0.437 e. The first kappa shape index (κ1) is 11.9. The second kappa shape index (κ2) is 4.71. The summed E-state index contributed by atoms with van der Waals surface area (Å²) in [6.07, 6.45) is 0. The van der Waals surface area contributed by atoms with Gasteiger partial charge in [-0.05, 0) is 13.0 Å². The van der Waals surface area contributed by atoms with Gasteiger partial charge in [-0.25, -0.2) is 4.98 Å². The van der Waals surface area contributed by atoms with Crippen molar-refractivity contribution < 1.29 is 9.21 Å². The molecular weight excluding hydrogens is 236 g/mol. The summed E-state index contributed by atoms with van der Waals surface area (Å²) in [4.78, 5) is 17.4.